The van der Waals surface area contributed by atoms with Crippen molar-refractivity contribution in [3.63, 3.8) is 0 Å². The minimum absolute atomic E-state index is 0.0455. The van der Waals surface area contributed by atoms with Crippen molar-refractivity contribution < 1.29 is 19.4 Å². The summed E-state index contributed by atoms with van der Waals surface area (Å²) in [4.78, 5) is 10.7. The number of thioether (sulfide) groups is 1. The van der Waals surface area contributed by atoms with E-state index >= 15 is 0 Å². The summed E-state index contributed by atoms with van der Waals surface area (Å²) in [6.45, 7) is 3.11. The normalized spacial score (nSPS) is 14.4. The van der Waals surface area contributed by atoms with Crippen LogP contribution in [0.3, 0.4) is 0 Å². The fraction of sp³-hybridized carbons (Fsp3) is 0.417. The van der Waals surface area contributed by atoms with Gasteiger partial charge in [-0.15, -0.1) is 0 Å². The lowest BCUT2D eigenvalue weighted by molar-refractivity contribution is -0.109. The van der Waals surface area contributed by atoms with Crippen LogP contribution >= 0.6 is 11.8 Å². The van der Waals surface area contributed by atoms with Crippen LogP contribution in [-0.2, 0) is 4.79 Å². The molecule has 1 aromatic rings. The zero-order chi connectivity index (χ0) is 13.0. The molecule has 1 rings (SSSR count). The first-order chi connectivity index (χ1) is 7.91. The van der Waals surface area contributed by atoms with E-state index in [9.17, 15) is 19.4 Å². The molecule has 0 bridgehead atoms. The molecule has 0 aromatic heterocycles. The molecule has 17 heavy (non-hydrogen) atoms. The Labute approximate surface area is 104 Å². The predicted octanol–water partition coefficient (Wildman–Crippen LogP) is 1.81. The number of aryl methyl sites for hydroxylation is 1. The van der Waals surface area contributed by atoms with E-state index in [0.717, 1.165) is 17.3 Å². The summed E-state index contributed by atoms with van der Waals surface area (Å²) in [7, 11) is 0. The largest absolute Gasteiger partial charge is 0.389 e. The molecule has 2 atom stereocenters. The molecule has 0 saturated heterocycles. The number of rotatable bonds is 4. The lowest BCUT2D eigenvalue weighted by atomic mass is 10.0. The van der Waals surface area contributed by atoms with Gasteiger partial charge in [-0.25, -0.2) is 4.39 Å². The summed E-state index contributed by atoms with van der Waals surface area (Å²) < 4.78 is 13.5. The molecule has 0 aliphatic carbocycles. The molecule has 2 N–H and O–H groups in total. The van der Waals surface area contributed by atoms with Gasteiger partial charge in [-0.05, 0) is 18.6 Å². The van der Waals surface area contributed by atoms with Crippen molar-refractivity contribution in [3.8, 4) is 0 Å². The van der Waals surface area contributed by atoms with Crippen LogP contribution in [0.15, 0.2) is 18.2 Å². The maximum atomic E-state index is 13.5. The highest BCUT2D eigenvalue weighted by atomic mass is 32.2. The molecule has 0 heterocycles. The standard InChI is InChI=1S/C12H15FO3S/c1-7-3-4-9(10(13)5-7)12(16)11(15)6-17-8(2)14/h3-5,11-12,15-16H,6H2,1-2H3. The quantitative estimate of drug-likeness (QED) is 0.864. The van der Waals surface area contributed by atoms with E-state index < -0.39 is 18.0 Å². The molecule has 0 aliphatic rings. The lowest BCUT2D eigenvalue weighted by Gasteiger charge is -2.18. The molecule has 0 spiro atoms. The van der Waals surface area contributed by atoms with Gasteiger partial charge in [-0.2, -0.15) is 0 Å². The van der Waals surface area contributed by atoms with Gasteiger partial charge in [0.05, 0.1) is 6.10 Å². The highest BCUT2D eigenvalue weighted by molar-refractivity contribution is 8.13. The molecule has 3 nitrogen and oxygen atoms in total. The predicted molar refractivity (Wildman–Crippen MR) is 65.2 cm³/mol. The van der Waals surface area contributed by atoms with E-state index in [4.69, 9.17) is 0 Å². The van der Waals surface area contributed by atoms with E-state index in [1.54, 1.807) is 13.0 Å². The summed E-state index contributed by atoms with van der Waals surface area (Å²) in [5, 5.41) is 19.2. The van der Waals surface area contributed by atoms with Gasteiger partial charge in [-0.1, -0.05) is 23.9 Å². The van der Waals surface area contributed by atoms with Gasteiger partial charge >= 0.3 is 0 Å². The minimum Gasteiger partial charge on any atom is -0.389 e. The number of carbonyl (C=O) groups is 1. The van der Waals surface area contributed by atoms with Crippen molar-refractivity contribution in [3.05, 3.63) is 35.1 Å². The number of aliphatic hydroxyl groups excluding tert-OH is 2. The summed E-state index contributed by atoms with van der Waals surface area (Å²) in [6.07, 6.45) is -2.48. The number of hydrogen-bond donors (Lipinski definition) is 2. The fourth-order valence-electron chi connectivity index (χ4n) is 1.37. The smallest absolute Gasteiger partial charge is 0.185 e. The van der Waals surface area contributed by atoms with Gasteiger partial charge in [0.2, 0.25) is 0 Å². The number of carbonyl (C=O) groups excluding carboxylic acids is 1. The highest BCUT2D eigenvalue weighted by Crippen LogP contribution is 2.23. The Kier molecular flexibility index (Phi) is 5.11. The number of aliphatic hydroxyl groups is 2. The van der Waals surface area contributed by atoms with Crippen LogP contribution < -0.4 is 0 Å². The van der Waals surface area contributed by atoms with Crippen molar-refractivity contribution in [2.24, 2.45) is 0 Å². The summed E-state index contributed by atoms with van der Waals surface area (Å²) in [5.74, 6) is -0.506. The van der Waals surface area contributed by atoms with Crippen LogP contribution in [0.1, 0.15) is 24.2 Å². The SMILES string of the molecule is CC(=O)SCC(O)C(O)c1ccc(C)cc1F. The maximum absolute atomic E-state index is 13.5. The molecule has 94 valence electrons. The van der Waals surface area contributed by atoms with Crippen LogP contribution in [-0.4, -0.2) is 27.2 Å². The van der Waals surface area contributed by atoms with Crippen LogP contribution in [0.4, 0.5) is 4.39 Å². The zero-order valence-corrected chi connectivity index (χ0v) is 10.5. The van der Waals surface area contributed by atoms with E-state index in [1.165, 1.54) is 19.1 Å². The van der Waals surface area contributed by atoms with Gasteiger partial charge in [0.15, 0.2) is 5.12 Å². The van der Waals surface area contributed by atoms with Crippen LogP contribution in [0.5, 0.6) is 0 Å². The first kappa shape index (κ1) is 14.2. The average molecular weight is 258 g/mol. The van der Waals surface area contributed by atoms with Gasteiger partial charge in [-0.3, -0.25) is 4.79 Å². The molecule has 1 aromatic carbocycles. The monoisotopic (exact) mass is 258 g/mol. The van der Waals surface area contributed by atoms with Crippen molar-refractivity contribution >= 4 is 16.9 Å². The molecule has 2 unspecified atom stereocenters. The third-order valence-electron chi connectivity index (χ3n) is 2.30. The van der Waals surface area contributed by atoms with Crippen molar-refractivity contribution in [2.75, 3.05) is 5.75 Å². The van der Waals surface area contributed by atoms with Crippen LogP contribution in [0.25, 0.3) is 0 Å². The van der Waals surface area contributed by atoms with Gasteiger partial charge in [0, 0.05) is 18.2 Å². The summed E-state index contributed by atoms with van der Waals surface area (Å²) in [6, 6.07) is 4.40. The Balaban J connectivity index is 2.74. The lowest BCUT2D eigenvalue weighted by Crippen LogP contribution is -2.22. The van der Waals surface area contributed by atoms with Gasteiger partial charge in [0.25, 0.3) is 0 Å². The molecule has 0 saturated carbocycles. The zero-order valence-electron chi connectivity index (χ0n) is 9.68. The summed E-state index contributed by atoms with van der Waals surface area (Å²) in [5.41, 5.74) is 0.790. The Morgan fingerprint density at radius 3 is 2.65 bits per heavy atom. The fourth-order valence-corrected chi connectivity index (χ4v) is 1.96. The molecule has 0 radical (unpaired) electrons. The van der Waals surface area contributed by atoms with Crippen LogP contribution in [0, 0.1) is 12.7 Å². The van der Waals surface area contributed by atoms with E-state index in [-0.39, 0.29) is 16.4 Å². The third kappa shape index (κ3) is 4.11. The molecular formula is C12H15FO3S. The van der Waals surface area contributed by atoms with Crippen molar-refractivity contribution in [2.45, 2.75) is 26.1 Å². The van der Waals surface area contributed by atoms with E-state index in [0.29, 0.717) is 0 Å². The summed E-state index contributed by atoms with van der Waals surface area (Å²) >= 11 is 0.900. The molecule has 0 aliphatic heterocycles. The van der Waals surface area contributed by atoms with E-state index in [2.05, 4.69) is 0 Å². The Bertz CT molecular complexity index is 409. The number of halogens is 1. The Hall–Kier alpha value is -0.910. The second kappa shape index (κ2) is 6.14. The van der Waals surface area contributed by atoms with Gasteiger partial charge in [0.1, 0.15) is 11.9 Å². The highest BCUT2D eigenvalue weighted by Gasteiger charge is 2.21. The molecular weight excluding hydrogens is 243 g/mol. The topological polar surface area (TPSA) is 57.5 Å². The maximum Gasteiger partial charge on any atom is 0.185 e. The Morgan fingerprint density at radius 1 is 1.47 bits per heavy atom. The first-order valence-electron chi connectivity index (χ1n) is 5.17. The third-order valence-corrected chi connectivity index (χ3v) is 3.21. The number of hydrogen-bond acceptors (Lipinski definition) is 4. The van der Waals surface area contributed by atoms with Crippen molar-refractivity contribution in [1.29, 1.82) is 0 Å². The first-order valence-corrected chi connectivity index (χ1v) is 6.16. The average Bonchev–Trinajstić information content (AvgIpc) is 2.25. The molecule has 0 fully saturated rings. The van der Waals surface area contributed by atoms with E-state index in [1.807, 2.05) is 0 Å². The van der Waals surface area contributed by atoms with Gasteiger partial charge < -0.3 is 10.2 Å². The second-order valence-corrected chi connectivity index (χ2v) is 5.04. The number of benzene rings is 1. The Morgan fingerprint density at radius 2 is 2.12 bits per heavy atom. The van der Waals surface area contributed by atoms with Crippen molar-refractivity contribution in [1.82, 2.24) is 0 Å². The van der Waals surface area contributed by atoms with Crippen LogP contribution in [0.2, 0.25) is 0 Å². The molecule has 5 heteroatoms. The second-order valence-electron chi connectivity index (χ2n) is 3.84. The minimum atomic E-state index is -1.32. The molecule has 0 amide bonds.